The number of aromatic nitrogens is 3. The molecule has 0 atom stereocenters. The lowest BCUT2D eigenvalue weighted by molar-refractivity contribution is 0.148. The Bertz CT molecular complexity index is 5010. The molecule has 1 saturated carbocycles. The summed E-state index contributed by atoms with van der Waals surface area (Å²) < 4.78 is 0. The maximum absolute atomic E-state index is 6.21. The summed E-state index contributed by atoms with van der Waals surface area (Å²) >= 11 is 0. The van der Waals surface area contributed by atoms with Gasteiger partial charge in [-0.15, -0.1) is 0 Å². The van der Waals surface area contributed by atoms with Gasteiger partial charge in [-0.05, 0) is 272 Å². The van der Waals surface area contributed by atoms with Crippen LogP contribution in [-0.4, -0.2) is 48.7 Å². The summed E-state index contributed by atoms with van der Waals surface area (Å²) in [6, 6.07) is 89.3. The zero-order valence-corrected chi connectivity index (χ0v) is 67.5. The van der Waals surface area contributed by atoms with Crippen molar-refractivity contribution in [3.63, 3.8) is 0 Å². The van der Waals surface area contributed by atoms with Crippen LogP contribution in [0.25, 0.3) is 101 Å². The van der Waals surface area contributed by atoms with E-state index in [0.717, 1.165) is 161 Å². The predicted octanol–water partition coefficient (Wildman–Crippen LogP) is 27.8. The van der Waals surface area contributed by atoms with Gasteiger partial charge in [0.05, 0.1) is 33.7 Å². The maximum atomic E-state index is 6.21. The van der Waals surface area contributed by atoms with Crippen LogP contribution in [0, 0.1) is 0 Å². The maximum Gasteiger partial charge on any atom is 0.0702 e. The van der Waals surface area contributed by atoms with Crippen molar-refractivity contribution in [3.05, 3.63) is 305 Å². The molecule has 0 saturated heterocycles. The SMILES string of the molecule is CCCC1(CCC)c2ccccc2-c2cc(-c3cc(-c4ccccn4)ccc3C(C)=NC3(C)CC(C)(N=C(C)c4ccc(-c5ccccn5)cc4-c4ccc5c(c4)-c4ccccc4C5(CCC)CCC)CC(C)(N=C(C)c4ccc(-c5ccccn5)cc4-c4ccc5c(c4)-c4ccccc4C5(CCC)CCC)C3)ccc21. The lowest BCUT2D eigenvalue weighted by Gasteiger charge is -2.49. The zero-order chi connectivity index (χ0) is 76.9. The van der Waals surface area contributed by atoms with E-state index in [9.17, 15) is 0 Å². The Balaban J connectivity index is 0.864. The van der Waals surface area contributed by atoms with Crippen LogP contribution in [0.4, 0.5) is 0 Å². The van der Waals surface area contributed by atoms with Crippen LogP contribution >= 0.6 is 0 Å². The molecule has 558 valence electrons. The molecule has 6 nitrogen and oxygen atoms in total. The summed E-state index contributed by atoms with van der Waals surface area (Å²) in [6.45, 7) is 28.0. The van der Waals surface area contributed by atoms with Crippen molar-refractivity contribution >= 4 is 17.1 Å². The van der Waals surface area contributed by atoms with Crippen LogP contribution in [0.1, 0.15) is 229 Å². The number of aliphatic imine (C=N–C) groups is 3. The quantitative estimate of drug-likeness (QED) is 0.0566. The molecule has 4 aliphatic rings. The van der Waals surface area contributed by atoms with Crippen molar-refractivity contribution in [3.8, 4) is 101 Å². The molecular weight excluding hydrogens is 1350 g/mol. The summed E-state index contributed by atoms with van der Waals surface area (Å²) in [5.41, 5.74) is 34.1. The fraction of sp³-hybridized carbons (Fsp3) is 0.314. The molecule has 4 aliphatic carbocycles. The van der Waals surface area contributed by atoms with E-state index < -0.39 is 16.6 Å². The number of fused-ring (bicyclic) bond motifs is 9. The third-order valence-electron chi connectivity index (χ3n) is 25.5. The van der Waals surface area contributed by atoms with E-state index in [2.05, 4.69) is 301 Å². The monoisotopic (exact) mass is 1450 g/mol. The third kappa shape index (κ3) is 13.4. The van der Waals surface area contributed by atoms with Crippen molar-refractivity contribution < 1.29 is 0 Å². The Morgan fingerprint density at radius 1 is 0.261 bits per heavy atom. The summed E-state index contributed by atoms with van der Waals surface area (Å²) in [7, 11) is 0. The van der Waals surface area contributed by atoms with Gasteiger partial charge in [-0.2, -0.15) is 0 Å². The van der Waals surface area contributed by atoms with Gasteiger partial charge in [0.1, 0.15) is 0 Å². The molecule has 12 aromatic rings. The average Bonchev–Trinajstić information content (AvgIpc) is 1.57. The minimum absolute atomic E-state index is 0.0231. The van der Waals surface area contributed by atoms with E-state index in [0.29, 0.717) is 19.3 Å². The second-order valence-corrected chi connectivity index (χ2v) is 33.7. The second kappa shape index (κ2) is 30.3. The first-order valence-electron chi connectivity index (χ1n) is 41.5. The van der Waals surface area contributed by atoms with Gasteiger partial charge in [0, 0.05) is 85.4 Å². The molecule has 1 fully saturated rings. The molecular formula is C105H108N6. The molecule has 3 aromatic heterocycles. The minimum Gasteiger partial charge on any atom is -0.283 e. The number of benzene rings is 9. The molecule has 16 rings (SSSR count). The van der Waals surface area contributed by atoms with Crippen LogP contribution < -0.4 is 0 Å². The number of pyridine rings is 3. The van der Waals surface area contributed by atoms with Gasteiger partial charge in [-0.1, -0.05) is 244 Å². The van der Waals surface area contributed by atoms with E-state index in [4.69, 9.17) is 29.9 Å². The van der Waals surface area contributed by atoms with Crippen molar-refractivity contribution in [2.45, 2.75) is 212 Å². The van der Waals surface area contributed by atoms with Gasteiger partial charge in [-0.3, -0.25) is 29.9 Å². The summed E-state index contributed by atoms with van der Waals surface area (Å²) in [5, 5.41) is 0. The number of hydrogen-bond acceptors (Lipinski definition) is 6. The molecule has 9 aromatic carbocycles. The van der Waals surface area contributed by atoms with E-state index in [1.165, 1.54) is 83.5 Å². The first-order valence-corrected chi connectivity index (χ1v) is 41.5. The molecule has 3 heterocycles. The van der Waals surface area contributed by atoms with Gasteiger partial charge >= 0.3 is 0 Å². The molecule has 0 amide bonds. The minimum atomic E-state index is -0.655. The van der Waals surface area contributed by atoms with Gasteiger partial charge in [0.15, 0.2) is 0 Å². The Morgan fingerprint density at radius 3 is 0.748 bits per heavy atom. The smallest absolute Gasteiger partial charge is 0.0702 e. The predicted molar refractivity (Wildman–Crippen MR) is 469 cm³/mol. The Labute approximate surface area is 661 Å². The highest BCUT2D eigenvalue weighted by Gasteiger charge is 2.51. The highest BCUT2D eigenvalue weighted by atomic mass is 15.0. The van der Waals surface area contributed by atoms with E-state index >= 15 is 0 Å². The second-order valence-electron chi connectivity index (χ2n) is 33.7. The van der Waals surface area contributed by atoms with Gasteiger partial charge in [-0.25, -0.2) is 0 Å². The van der Waals surface area contributed by atoms with Crippen molar-refractivity contribution in [2.75, 3.05) is 0 Å². The largest absolute Gasteiger partial charge is 0.283 e. The standard InChI is InChI=1S/C105H108N6/c1-13-52-103(53-14-2)91-34-22-19-31-82(91)88-61-73(43-49-94(88)103)85-64-76(97-37-25-28-58-106-97)40-46-79(85)70(7)109-100(10)67-101(11,110-71(8)80-47-41-77(98-38-26-29-59-107-98)65-86(80)74-44-50-95-89(62-74)83-32-20-23-35-92(83)104(95,54-15-3)55-16-4)69-102(12,68-100)111-72(9)81-48-42-78(99-39-27-30-60-108-99)66-87(81)75-45-51-96-90(63-75)84-33-21-24-36-93(84)105(96,56-17-5)57-18-6/h19-51,58-66H,13-18,52-57,67-69H2,1-12H3. The average molecular weight is 1450 g/mol. The van der Waals surface area contributed by atoms with Crippen LogP contribution in [0.2, 0.25) is 0 Å². The third-order valence-corrected chi connectivity index (χ3v) is 25.5. The van der Waals surface area contributed by atoms with Crippen LogP contribution in [-0.2, 0) is 16.2 Å². The first-order chi connectivity index (χ1) is 53.9. The summed E-state index contributed by atoms with van der Waals surface area (Å²) in [5.74, 6) is 0. The van der Waals surface area contributed by atoms with Crippen LogP contribution in [0.5, 0.6) is 0 Å². The lowest BCUT2D eigenvalue weighted by Crippen LogP contribution is -2.51. The van der Waals surface area contributed by atoms with Gasteiger partial charge in [0.25, 0.3) is 0 Å². The molecule has 0 N–H and O–H groups in total. The normalized spacial score (nSPS) is 19.1. The molecule has 0 radical (unpaired) electrons. The molecule has 6 heteroatoms. The van der Waals surface area contributed by atoms with E-state index in [1.54, 1.807) is 0 Å². The summed E-state index contributed by atoms with van der Waals surface area (Å²) in [6.07, 6.45) is 21.2. The number of nitrogens with zero attached hydrogens (tertiary/aromatic N) is 6. The van der Waals surface area contributed by atoms with Crippen molar-refractivity contribution in [1.82, 2.24) is 15.0 Å². The van der Waals surface area contributed by atoms with Crippen molar-refractivity contribution in [2.24, 2.45) is 15.0 Å². The Kier molecular flexibility index (Phi) is 20.3. The van der Waals surface area contributed by atoms with Crippen LogP contribution in [0.3, 0.4) is 0 Å². The fourth-order valence-corrected chi connectivity index (χ4v) is 22.1. The number of rotatable bonds is 24. The van der Waals surface area contributed by atoms with E-state index in [1.807, 2.05) is 36.8 Å². The molecule has 0 bridgehead atoms. The van der Waals surface area contributed by atoms with Gasteiger partial charge < -0.3 is 0 Å². The van der Waals surface area contributed by atoms with Crippen molar-refractivity contribution in [1.29, 1.82) is 0 Å². The molecule has 0 aliphatic heterocycles. The Morgan fingerprint density at radius 2 is 0.495 bits per heavy atom. The fourth-order valence-electron chi connectivity index (χ4n) is 22.1. The Hall–Kier alpha value is -10.6. The van der Waals surface area contributed by atoms with E-state index in [-0.39, 0.29) is 16.2 Å². The lowest BCUT2D eigenvalue weighted by atomic mass is 9.65. The number of hydrogen-bond donors (Lipinski definition) is 0. The van der Waals surface area contributed by atoms with Crippen LogP contribution in [0.15, 0.2) is 270 Å². The molecule has 0 spiro atoms. The molecule has 0 unspecified atom stereocenters. The highest BCUT2D eigenvalue weighted by Crippen LogP contribution is 2.59. The topological polar surface area (TPSA) is 75.8 Å². The van der Waals surface area contributed by atoms with Gasteiger partial charge in [0.2, 0.25) is 0 Å². The highest BCUT2D eigenvalue weighted by molar-refractivity contribution is 6.08. The zero-order valence-electron chi connectivity index (χ0n) is 67.5. The molecule has 111 heavy (non-hydrogen) atoms. The first kappa shape index (κ1) is 74.5. The summed E-state index contributed by atoms with van der Waals surface area (Å²) in [4.78, 5) is 33.4.